The summed E-state index contributed by atoms with van der Waals surface area (Å²) in [5.74, 6) is 0.650. The smallest absolute Gasteiger partial charge is 0.255 e. The largest absolute Gasteiger partial charge is 0.497 e. The maximum Gasteiger partial charge on any atom is 0.255 e. The van der Waals surface area contributed by atoms with E-state index >= 15 is 0 Å². The fraction of sp³-hybridized carbons (Fsp3) is 0.588. The van der Waals surface area contributed by atoms with E-state index in [1.54, 1.807) is 18.2 Å². The molecule has 1 heterocycles. The fourth-order valence-electron chi connectivity index (χ4n) is 2.95. The van der Waals surface area contributed by atoms with Crippen LogP contribution >= 0.6 is 0 Å². The van der Waals surface area contributed by atoms with E-state index in [0.29, 0.717) is 43.1 Å². The molecule has 1 saturated heterocycles. The van der Waals surface area contributed by atoms with Gasteiger partial charge in [-0.1, -0.05) is 0 Å². The molecule has 9 heteroatoms. The van der Waals surface area contributed by atoms with Crippen molar-refractivity contribution in [1.82, 2.24) is 9.62 Å². The molecule has 1 amide bonds. The molecule has 0 radical (unpaired) electrons. The van der Waals surface area contributed by atoms with Crippen LogP contribution in [0.2, 0.25) is 0 Å². The summed E-state index contributed by atoms with van der Waals surface area (Å²) >= 11 is 0. The molecule has 1 fully saturated rings. The minimum Gasteiger partial charge on any atom is -0.497 e. The van der Waals surface area contributed by atoms with Gasteiger partial charge in [0, 0.05) is 38.4 Å². The van der Waals surface area contributed by atoms with Crippen molar-refractivity contribution < 1.29 is 27.4 Å². The van der Waals surface area contributed by atoms with Gasteiger partial charge in [-0.25, -0.2) is 8.42 Å². The first kappa shape index (κ1) is 20.5. The van der Waals surface area contributed by atoms with Crippen LogP contribution in [-0.2, 0) is 14.8 Å². The van der Waals surface area contributed by atoms with Gasteiger partial charge in [0.2, 0.25) is 10.0 Å². The third kappa shape index (κ3) is 5.33. The molecule has 1 aliphatic rings. The number of rotatable bonds is 8. The molecule has 2 rings (SSSR count). The Kier molecular flexibility index (Phi) is 7.24. The van der Waals surface area contributed by atoms with Gasteiger partial charge in [-0.05, 0) is 25.0 Å². The number of hydrogen-bond acceptors (Lipinski definition) is 6. The molecule has 1 aromatic rings. The lowest BCUT2D eigenvalue weighted by atomic mass is 10.1. The zero-order valence-electron chi connectivity index (χ0n) is 15.4. The molecule has 146 valence electrons. The third-order valence-corrected chi connectivity index (χ3v) is 5.63. The molecule has 0 unspecified atom stereocenters. The number of carbonyl (C=O) groups excluding carboxylic acids is 1. The van der Waals surface area contributed by atoms with Gasteiger partial charge in [0.25, 0.3) is 5.91 Å². The summed E-state index contributed by atoms with van der Waals surface area (Å²) in [6.07, 6.45) is 2.51. The molecule has 0 spiro atoms. The normalized spacial score (nSPS) is 15.7. The number of benzene rings is 1. The minimum absolute atomic E-state index is 0.0915. The lowest BCUT2D eigenvalue weighted by Gasteiger charge is -2.32. The summed E-state index contributed by atoms with van der Waals surface area (Å²) in [5.41, 5.74) is 0.366. The van der Waals surface area contributed by atoms with Crippen LogP contribution in [0.25, 0.3) is 0 Å². The van der Waals surface area contributed by atoms with Crippen LogP contribution in [0.3, 0.4) is 0 Å². The van der Waals surface area contributed by atoms with Crippen LogP contribution in [0.1, 0.15) is 23.2 Å². The molecular weight excluding hydrogens is 360 g/mol. The van der Waals surface area contributed by atoms with Crippen LogP contribution in [0.4, 0.5) is 0 Å². The van der Waals surface area contributed by atoms with Gasteiger partial charge in [-0.15, -0.1) is 0 Å². The van der Waals surface area contributed by atoms with Gasteiger partial charge in [-0.2, -0.15) is 4.31 Å². The van der Waals surface area contributed by atoms with Gasteiger partial charge in [0.15, 0.2) is 0 Å². The zero-order chi connectivity index (χ0) is 19.2. The van der Waals surface area contributed by atoms with E-state index in [4.69, 9.17) is 14.2 Å². The van der Waals surface area contributed by atoms with Gasteiger partial charge in [0.1, 0.15) is 11.5 Å². The molecular formula is C17H26N2O6S. The number of hydrogen-bond donors (Lipinski definition) is 1. The summed E-state index contributed by atoms with van der Waals surface area (Å²) in [5, 5.41) is 2.76. The molecule has 0 aromatic heterocycles. The predicted molar refractivity (Wildman–Crippen MR) is 97.3 cm³/mol. The summed E-state index contributed by atoms with van der Waals surface area (Å²) in [4.78, 5) is 12.4. The molecule has 1 N–H and O–H groups in total. The number of carbonyl (C=O) groups is 1. The van der Waals surface area contributed by atoms with E-state index in [-0.39, 0.29) is 25.0 Å². The molecule has 26 heavy (non-hydrogen) atoms. The average Bonchev–Trinajstić information content (AvgIpc) is 2.64. The lowest BCUT2D eigenvalue weighted by molar-refractivity contribution is 0.0585. The summed E-state index contributed by atoms with van der Waals surface area (Å²) in [6.45, 7) is 1.52. The Morgan fingerprint density at radius 2 is 1.96 bits per heavy atom. The minimum atomic E-state index is -3.36. The second-order valence-corrected chi connectivity index (χ2v) is 7.97. The molecule has 0 atom stereocenters. The number of ether oxygens (including phenoxy) is 3. The predicted octanol–water partition coefficient (Wildman–Crippen LogP) is 0.874. The van der Waals surface area contributed by atoms with Crippen LogP contribution < -0.4 is 14.8 Å². The van der Waals surface area contributed by atoms with Crippen LogP contribution in [-0.4, -0.2) is 71.5 Å². The Bertz CT molecular complexity index is 716. The highest BCUT2D eigenvalue weighted by Crippen LogP contribution is 2.24. The number of amides is 1. The third-order valence-electron chi connectivity index (χ3n) is 4.30. The van der Waals surface area contributed by atoms with E-state index in [2.05, 4.69) is 5.32 Å². The first-order valence-electron chi connectivity index (χ1n) is 8.41. The fourth-order valence-corrected chi connectivity index (χ4v) is 4.13. The highest BCUT2D eigenvalue weighted by atomic mass is 32.2. The van der Waals surface area contributed by atoms with Crippen molar-refractivity contribution >= 4 is 15.9 Å². The van der Waals surface area contributed by atoms with Gasteiger partial charge < -0.3 is 19.5 Å². The molecule has 1 aliphatic heterocycles. The van der Waals surface area contributed by atoms with Gasteiger partial charge in [0.05, 0.1) is 26.0 Å². The Morgan fingerprint density at radius 1 is 1.27 bits per heavy atom. The van der Waals surface area contributed by atoms with Crippen molar-refractivity contribution in [1.29, 1.82) is 0 Å². The average molecular weight is 386 g/mol. The molecule has 0 aliphatic carbocycles. The monoisotopic (exact) mass is 386 g/mol. The number of nitrogens with zero attached hydrogens (tertiary/aromatic N) is 1. The first-order valence-corrected chi connectivity index (χ1v) is 10.3. The van der Waals surface area contributed by atoms with Crippen molar-refractivity contribution in [2.45, 2.75) is 18.9 Å². The number of methoxy groups -OCH3 is 2. The van der Waals surface area contributed by atoms with Crippen molar-refractivity contribution in [2.75, 3.05) is 46.8 Å². The zero-order valence-corrected chi connectivity index (χ0v) is 16.2. The van der Waals surface area contributed by atoms with Crippen molar-refractivity contribution in [2.24, 2.45) is 0 Å². The Labute approximate surface area is 154 Å². The first-order chi connectivity index (χ1) is 12.4. The second-order valence-electron chi connectivity index (χ2n) is 6.04. The van der Waals surface area contributed by atoms with E-state index in [1.165, 1.54) is 24.8 Å². The quantitative estimate of drug-likeness (QED) is 0.713. The van der Waals surface area contributed by atoms with E-state index < -0.39 is 10.0 Å². The highest BCUT2D eigenvalue weighted by molar-refractivity contribution is 7.88. The van der Waals surface area contributed by atoms with Crippen molar-refractivity contribution in [3.05, 3.63) is 23.8 Å². The Balaban J connectivity index is 1.99. The Hall–Kier alpha value is -1.84. The standard InChI is InChI=1S/C17H26N2O6S/c1-23-14-4-5-15(16(12-14)24-2)17(20)18-8-9-19(26(3,21)22)13-6-10-25-11-7-13/h4-5,12-13H,6-11H2,1-3H3,(H,18,20). The molecule has 0 bridgehead atoms. The molecule has 1 aromatic carbocycles. The maximum atomic E-state index is 12.4. The van der Waals surface area contributed by atoms with Crippen molar-refractivity contribution in [3.8, 4) is 11.5 Å². The molecule has 0 saturated carbocycles. The topological polar surface area (TPSA) is 94.2 Å². The van der Waals surface area contributed by atoms with Crippen LogP contribution in [0, 0.1) is 0 Å². The van der Waals surface area contributed by atoms with E-state index in [1.807, 2.05) is 0 Å². The molecule has 8 nitrogen and oxygen atoms in total. The summed E-state index contributed by atoms with van der Waals surface area (Å²) in [7, 11) is -0.357. The second kappa shape index (κ2) is 9.20. The van der Waals surface area contributed by atoms with E-state index in [9.17, 15) is 13.2 Å². The summed E-state index contributed by atoms with van der Waals surface area (Å²) in [6, 6.07) is 4.81. The van der Waals surface area contributed by atoms with Crippen LogP contribution in [0.15, 0.2) is 18.2 Å². The maximum absolute atomic E-state index is 12.4. The highest BCUT2D eigenvalue weighted by Gasteiger charge is 2.28. The summed E-state index contributed by atoms with van der Waals surface area (Å²) < 4.78 is 41.2. The number of nitrogens with one attached hydrogen (secondary N) is 1. The van der Waals surface area contributed by atoms with E-state index in [0.717, 1.165) is 0 Å². The SMILES string of the molecule is COc1ccc(C(=O)NCCN(C2CCOCC2)S(C)(=O)=O)c(OC)c1. The van der Waals surface area contributed by atoms with Gasteiger partial charge in [-0.3, -0.25) is 4.79 Å². The lowest BCUT2D eigenvalue weighted by Crippen LogP contribution is -2.46. The van der Waals surface area contributed by atoms with Gasteiger partial charge >= 0.3 is 0 Å². The van der Waals surface area contributed by atoms with Crippen molar-refractivity contribution in [3.63, 3.8) is 0 Å². The Morgan fingerprint density at radius 3 is 2.54 bits per heavy atom. The van der Waals surface area contributed by atoms with Crippen LogP contribution in [0.5, 0.6) is 11.5 Å². The number of sulfonamides is 1.